The van der Waals surface area contributed by atoms with Crippen LogP contribution >= 0.6 is 0 Å². The van der Waals surface area contributed by atoms with Gasteiger partial charge in [-0.3, -0.25) is 0 Å². The van der Waals surface area contributed by atoms with E-state index in [9.17, 15) is 0 Å². The fourth-order valence-electron chi connectivity index (χ4n) is 2.86. The fraction of sp³-hybridized carbons (Fsp3) is 0.188. The zero-order valence-electron chi connectivity index (χ0n) is 10.5. The molecule has 2 atom stereocenters. The van der Waals surface area contributed by atoms with Crippen LogP contribution in [0.2, 0.25) is 0 Å². The first kappa shape index (κ1) is 10.6. The molecule has 1 saturated carbocycles. The summed E-state index contributed by atoms with van der Waals surface area (Å²) in [6.45, 7) is 0. The number of imidazole rings is 1. The molecule has 1 aliphatic rings. The standard InChI is InChI=1S/C16H15N3/c17-12-6-7-15-14(8-12)18-10-19(15)16-9-13(16)11-4-2-1-3-5-11/h1-8,10,13,16H,9,17H2. The van der Waals surface area contributed by atoms with E-state index in [1.807, 2.05) is 18.5 Å². The van der Waals surface area contributed by atoms with E-state index in [-0.39, 0.29) is 0 Å². The highest BCUT2D eigenvalue weighted by molar-refractivity contribution is 5.79. The van der Waals surface area contributed by atoms with E-state index in [0.29, 0.717) is 12.0 Å². The summed E-state index contributed by atoms with van der Waals surface area (Å²) in [7, 11) is 0. The average Bonchev–Trinajstić information content (AvgIpc) is 3.13. The Labute approximate surface area is 111 Å². The predicted molar refractivity (Wildman–Crippen MR) is 77.0 cm³/mol. The molecule has 3 aromatic rings. The van der Waals surface area contributed by atoms with Crippen molar-refractivity contribution in [1.82, 2.24) is 9.55 Å². The Morgan fingerprint density at radius 1 is 1.11 bits per heavy atom. The highest BCUT2D eigenvalue weighted by Gasteiger charge is 2.40. The van der Waals surface area contributed by atoms with Gasteiger partial charge in [-0.15, -0.1) is 0 Å². The average molecular weight is 249 g/mol. The Morgan fingerprint density at radius 2 is 1.95 bits per heavy atom. The number of nitrogens with two attached hydrogens (primary N) is 1. The fourth-order valence-corrected chi connectivity index (χ4v) is 2.86. The van der Waals surface area contributed by atoms with Crippen molar-refractivity contribution in [2.24, 2.45) is 0 Å². The lowest BCUT2D eigenvalue weighted by atomic mass is 10.1. The summed E-state index contributed by atoms with van der Waals surface area (Å²) >= 11 is 0. The third kappa shape index (κ3) is 1.70. The molecule has 0 saturated heterocycles. The van der Waals surface area contributed by atoms with E-state index >= 15 is 0 Å². The van der Waals surface area contributed by atoms with Gasteiger partial charge in [-0.25, -0.2) is 4.98 Å². The second-order valence-electron chi connectivity index (χ2n) is 5.22. The first-order chi connectivity index (χ1) is 9.33. The van der Waals surface area contributed by atoms with Gasteiger partial charge in [0, 0.05) is 17.6 Å². The summed E-state index contributed by atoms with van der Waals surface area (Å²) in [4.78, 5) is 4.45. The van der Waals surface area contributed by atoms with Crippen LogP contribution in [0.25, 0.3) is 11.0 Å². The predicted octanol–water partition coefficient (Wildman–Crippen LogP) is 3.35. The Bertz CT molecular complexity index is 730. The van der Waals surface area contributed by atoms with Crippen LogP contribution in [-0.2, 0) is 0 Å². The Hall–Kier alpha value is -2.29. The molecule has 2 N–H and O–H groups in total. The topological polar surface area (TPSA) is 43.8 Å². The number of aromatic nitrogens is 2. The van der Waals surface area contributed by atoms with E-state index < -0.39 is 0 Å². The maximum atomic E-state index is 5.79. The first-order valence-electron chi connectivity index (χ1n) is 6.60. The number of rotatable bonds is 2. The van der Waals surface area contributed by atoms with Crippen LogP contribution in [0.4, 0.5) is 5.69 Å². The van der Waals surface area contributed by atoms with Crippen molar-refractivity contribution in [3.05, 3.63) is 60.4 Å². The van der Waals surface area contributed by atoms with Gasteiger partial charge in [-0.1, -0.05) is 30.3 Å². The van der Waals surface area contributed by atoms with Crippen LogP contribution in [0.3, 0.4) is 0 Å². The van der Waals surface area contributed by atoms with Gasteiger partial charge in [0.1, 0.15) is 0 Å². The third-order valence-corrected chi connectivity index (χ3v) is 3.94. The van der Waals surface area contributed by atoms with Gasteiger partial charge >= 0.3 is 0 Å². The molecule has 1 aliphatic carbocycles. The number of fused-ring (bicyclic) bond motifs is 1. The largest absolute Gasteiger partial charge is 0.399 e. The molecule has 0 amide bonds. The van der Waals surface area contributed by atoms with Crippen molar-refractivity contribution >= 4 is 16.7 Å². The van der Waals surface area contributed by atoms with E-state index in [4.69, 9.17) is 5.73 Å². The molecule has 0 aliphatic heterocycles. The van der Waals surface area contributed by atoms with E-state index in [0.717, 1.165) is 11.2 Å². The normalized spacial score (nSPS) is 21.7. The van der Waals surface area contributed by atoms with E-state index in [1.165, 1.54) is 17.5 Å². The highest BCUT2D eigenvalue weighted by atomic mass is 15.1. The summed E-state index contributed by atoms with van der Waals surface area (Å²) < 4.78 is 2.28. The number of benzene rings is 2. The minimum atomic E-state index is 0.538. The van der Waals surface area contributed by atoms with Crippen molar-refractivity contribution in [2.75, 3.05) is 5.73 Å². The van der Waals surface area contributed by atoms with E-state index in [1.54, 1.807) is 0 Å². The summed E-state index contributed by atoms with van der Waals surface area (Å²) in [5.74, 6) is 0.621. The van der Waals surface area contributed by atoms with Crippen LogP contribution in [0.15, 0.2) is 54.9 Å². The Balaban J connectivity index is 1.70. The molecule has 0 radical (unpaired) electrons. The second-order valence-corrected chi connectivity index (χ2v) is 5.22. The summed E-state index contributed by atoms with van der Waals surface area (Å²) in [6, 6.07) is 17.2. The second kappa shape index (κ2) is 3.85. The van der Waals surface area contributed by atoms with Crippen LogP contribution in [0, 0.1) is 0 Å². The lowest BCUT2D eigenvalue weighted by Crippen LogP contribution is -1.94. The third-order valence-electron chi connectivity index (χ3n) is 3.94. The van der Waals surface area contributed by atoms with Gasteiger partial charge in [0.2, 0.25) is 0 Å². The molecule has 1 aromatic heterocycles. The van der Waals surface area contributed by atoms with Gasteiger partial charge in [0.05, 0.1) is 17.4 Å². The molecule has 1 heterocycles. The number of hydrogen-bond acceptors (Lipinski definition) is 2. The van der Waals surface area contributed by atoms with Gasteiger partial charge in [0.15, 0.2) is 0 Å². The molecule has 94 valence electrons. The van der Waals surface area contributed by atoms with Crippen molar-refractivity contribution < 1.29 is 0 Å². The van der Waals surface area contributed by atoms with Gasteiger partial charge in [0.25, 0.3) is 0 Å². The molecule has 4 rings (SSSR count). The minimum Gasteiger partial charge on any atom is -0.399 e. The first-order valence-corrected chi connectivity index (χ1v) is 6.60. The van der Waals surface area contributed by atoms with Crippen molar-refractivity contribution in [3.8, 4) is 0 Å². The highest BCUT2D eigenvalue weighted by Crippen LogP contribution is 2.52. The number of anilines is 1. The molecular weight excluding hydrogens is 234 g/mol. The lowest BCUT2D eigenvalue weighted by molar-refractivity contribution is 0.739. The maximum Gasteiger partial charge on any atom is 0.0961 e. The van der Waals surface area contributed by atoms with Crippen molar-refractivity contribution in [1.29, 1.82) is 0 Å². The molecule has 3 heteroatoms. The molecule has 2 unspecified atom stereocenters. The van der Waals surface area contributed by atoms with Gasteiger partial charge in [-0.05, 0) is 30.2 Å². The quantitative estimate of drug-likeness (QED) is 0.708. The Kier molecular flexibility index (Phi) is 2.15. The monoisotopic (exact) mass is 249 g/mol. The smallest absolute Gasteiger partial charge is 0.0961 e. The van der Waals surface area contributed by atoms with Crippen molar-refractivity contribution in [3.63, 3.8) is 0 Å². The number of nitrogen functional groups attached to an aromatic ring is 1. The zero-order valence-corrected chi connectivity index (χ0v) is 10.5. The molecule has 3 nitrogen and oxygen atoms in total. The van der Waals surface area contributed by atoms with Gasteiger partial charge < -0.3 is 10.3 Å². The molecule has 2 aromatic carbocycles. The van der Waals surface area contributed by atoms with Crippen LogP contribution in [0.1, 0.15) is 23.9 Å². The Morgan fingerprint density at radius 3 is 2.79 bits per heavy atom. The lowest BCUT2D eigenvalue weighted by Gasteiger charge is -2.04. The summed E-state index contributed by atoms with van der Waals surface area (Å²) in [5, 5.41) is 0. The van der Waals surface area contributed by atoms with Crippen LogP contribution in [-0.4, -0.2) is 9.55 Å². The SMILES string of the molecule is Nc1ccc2c(c1)ncn2C1CC1c1ccccc1. The van der Waals surface area contributed by atoms with Crippen LogP contribution < -0.4 is 5.73 Å². The summed E-state index contributed by atoms with van der Waals surface area (Å²) in [6.07, 6.45) is 3.14. The number of nitrogens with zero attached hydrogens (tertiary/aromatic N) is 2. The molecule has 0 bridgehead atoms. The van der Waals surface area contributed by atoms with E-state index in [2.05, 4.69) is 45.9 Å². The van der Waals surface area contributed by atoms with Gasteiger partial charge in [-0.2, -0.15) is 0 Å². The van der Waals surface area contributed by atoms with Crippen LogP contribution in [0.5, 0.6) is 0 Å². The summed E-state index contributed by atoms with van der Waals surface area (Å²) in [5.41, 5.74) is 10.1. The maximum absolute atomic E-state index is 5.79. The zero-order chi connectivity index (χ0) is 12.8. The molecular formula is C16H15N3. The molecule has 1 fully saturated rings. The molecule has 19 heavy (non-hydrogen) atoms. The number of hydrogen-bond donors (Lipinski definition) is 1. The van der Waals surface area contributed by atoms with Crippen molar-refractivity contribution in [2.45, 2.75) is 18.4 Å². The molecule has 0 spiro atoms. The minimum absolute atomic E-state index is 0.538.